The minimum Gasteiger partial charge on any atom is -0.313 e. The van der Waals surface area contributed by atoms with Gasteiger partial charge in [0.15, 0.2) is 0 Å². The average Bonchev–Trinajstić information content (AvgIpc) is 2.37. The second-order valence-corrected chi connectivity index (χ2v) is 5.59. The summed E-state index contributed by atoms with van der Waals surface area (Å²) in [5.41, 5.74) is 0. The van der Waals surface area contributed by atoms with E-state index < -0.39 is 8.60 Å². The van der Waals surface area contributed by atoms with Gasteiger partial charge in [-0.25, -0.2) is 0 Å². The van der Waals surface area contributed by atoms with Crippen molar-refractivity contribution in [1.82, 2.24) is 0 Å². The van der Waals surface area contributed by atoms with E-state index >= 15 is 0 Å². The van der Waals surface area contributed by atoms with Gasteiger partial charge < -0.3 is 13.6 Å². The van der Waals surface area contributed by atoms with Gasteiger partial charge >= 0.3 is 8.60 Å². The molecule has 0 radical (unpaired) electrons. The molecule has 18 heavy (non-hydrogen) atoms. The molecule has 0 fully saturated rings. The molecule has 0 rings (SSSR count). The van der Waals surface area contributed by atoms with Crippen LogP contribution in [0.1, 0.15) is 72.1 Å². The highest BCUT2D eigenvalue weighted by Crippen LogP contribution is 2.39. The van der Waals surface area contributed by atoms with E-state index in [9.17, 15) is 0 Å². The molecule has 110 valence electrons. The van der Waals surface area contributed by atoms with E-state index in [4.69, 9.17) is 13.6 Å². The predicted molar refractivity (Wildman–Crippen MR) is 78.7 cm³/mol. The molecule has 0 saturated heterocycles. The lowest BCUT2D eigenvalue weighted by Crippen LogP contribution is -1.97. The maximum Gasteiger partial charge on any atom is 0.332 e. The third kappa shape index (κ3) is 12.8. The predicted octanol–water partition coefficient (Wildman–Crippen LogP) is 5.44. The molecule has 3 nitrogen and oxygen atoms in total. The summed E-state index contributed by atoms with van der Waals surface area (Å²) in [6, 6.07) is 0. The second-order valence-electron chi connectivity index (χ2n) is 4.37. The van der Waals surface area contributed by atoms with Gasteiger partial charge in [-0.05, 0) is 20.3 Å². The number of hydrogen-bond donors (Lipinski definition) is 0. The molecule has 0 aromatic rings. The van der Waals surface area contributed by atoms with E-state index in [1.165, 1.54) is 44.9 Å². The van der Waals surface area contributed by atoms with Gasteiger partial charge in [-0.3, -0.25) is 0 Å². The van der Waals surface area contributed by atoms with E-state index in [1.54, 1.807) is 0 Å². The molecular weight excluding hydrogens is 247 g/mol. The number of unbranched alkanes of at least 4 members (excludes halogenated alkanes) is 7. The number of rotatable bonds is 14. The summed E-state index contributed by atoms with van der Waals surface area (Å²) in [5.74, 6) is 0. The Morgan fingerprint density at radius 1 is 0.611 bits per heavy atom. The van der Waals surface area contributed by atoms with Crippen LogP contribution in [0.3, 0.4) is 0 Å². The Labute approximate surface area is 115 Å². The molecule has 0 spiro atoms. The van der Waals surface area contributed by atoms with Crippen molar-refractivity contribution in [2.24, 2.45) is 0 Å². The molecule has 0 aliphatic heterocycles. The van der Waals surface area contributed by atoms with Crippen LogP contribution in [-0.2, 0) is 13.6 Å². The Hall–Kier alpha value is 0.310. The van der Waals surface area contributed by atoms with Gasteiger partial charge in [0.05, 0.1) is 19.8 Å². The first-order valence-corrected chi connectivity index (χ1v) is 8.63. The molecule has 0 heterocycles. The van der Waals surface area contributed by atoms with E-state index in [-0.39, 0.29) is 0 Å². The van der Waals surface area contributed by atoms with E-state index in [0.29, 0.717) is 13.2 Å². The van der Waals surface area contributed by atoms with Crippen LogP contribution in [0.4, 0.5) is 0 Å². The molecule has 0 aliphatic rings. The highest BCUT2D eigenvalue weighted by molar-refractivity contribution is 7.41. The van der Waals surface area contributed by atoms with Crippen molar-refractivity contribution in [1.29, 1.82) is 0 Å². The summed E-state index contributed by atoms with van der Waals surface area (Å²) < 4.78 is 16.3. The highest BCUT2D eigenvalue weighted by Gasteiger charge is 2.09. The van der Waals surface area contributed by atoms with Crippen LogP contribution in [0.25, 0.3) is 0 Å². The van der Waals surface area contributed by atoms with E-state index in [1.807, 2.05) is 13.8 Å². The molecule has 0 unspecified atom stereocenters. The van der Waals surface area contributed by atoms with Crippen molar-refractivity contribution in [3.05, 3.63) is 0 Å². The summed E-state index contributed by atoms with van der Waals surface area (Å²) in [6.45, 7) is 8.27. The third-order valence-electron chi connectivity index (χ3n) is 2.66. The van der Waals surface area contributed by atoms with Crippen LogP contribution < -0.4 is 0 Å². The van der Waals surface area contributed by atoms with Crippen molar-refractivity contribution < 1.29 is 13.6 Å². The van der Waals surface area contributed by atoms with Crippen LogP contribution in [0.5, 0.6) is 0 Å². The Bertz CT molecular complexity index is 150. The van der Waals surface area contributed by atoms with Gasteiger partial charge in [0.25, 0.3) is 0 Å². The summed E-state index contributed by atoms with van der Waals surface area (Å²) in [5, 5.41) is 0. The first kappa shape index (κ1) is 18.3. The first-order chi connectivity index (χ1) is 8.85. The summed E-state index contributed by atoms with van der Waals surface area (Å²) in [6.07, 6.45) is 10.6. The largest absolute Gasteiger partial charge is 0.332 e. The molecule has 0 N–H and O–H groups in total. The molecule has 0 aromatic carbocycles. The Morgan fingerprint density at radius 3 is 1.61 bits per heavy atom. The molecule has 0 aromatic heterocycles. The minimum absolute atomic E-state index is 0.656. The average molecular weight is 278 g/mol. The van der Waals surface area contributed by atoms with Crippen LogP contribution in [0, 0.1) is 0 Å². The summed E-state index contributed by atoms with van der Waals surface area (Å²) >= 11 is 0. The van der Waals surface area contributed by atoms with Crippen molar-refractivity contribution in [3.63, 3.8) is 0 Å². The molecule has 0 atom stereocenters. The summed E-state index contributed by atoms with van der Waals surface area (Å²) in [7, 11) is -1.09. The first-order valence-electron chi connectivity index (χ1n) is 7.54. The van der Waals surface area contributed by atoms with Gasteiger partial charge in [0.1, 0.15) is 0 Å². The zero-order chi connectivity index (χ0) is 13.5. The molecular formula is C14H31O3P. The van der Waals surface area contributed by atoms with Gasteiger partial charge in [-0.15, -0.1) is 0 Å². The molecule has 4 heteroatoms. The Morgan fingerprint density at radius 2 is 1.11 bits per heavy atom. The molecule has 0 bridgehead atoms. The normalized spacial score (nSPS) is 11.3. The monoisotopic (exact) mass is 278 g/mol. The van der Waals surface area contributed by atoms with Crippen LogP contribution in [0.15, 0.2) is 0 Å². The fourth-order valence-corrected chi connectivity index (χ4v) is 2.62. The van der Waals surface area contributed by atoms with E-state index in [0.717, 1.165) is 13.0 Å². The third-order valence-corrected chi connectivity index (χ3v) is 4.00. The van der Waals surface area contributed by atoms with E-state index in [2.05, 4.69) is 6.92 Å². The van der Waals surface area contributed by atoms with Gasteiger partial charge in [-0.1, -0.05) is 51.9 Å². The molecule has 0 aliphatic carbocycles. The fraction of sp³-hybridized carbons (Fsp3) is 1.00. The molecule has 0 amide bonds. The maximum absolute atomic E-state index is 5.59. The standard InChI is InChI=1S/C14H31O3P/c1-4-7-8-9-10-11-12-13-14-17-18(15-5-2)16-6-3/h4-14H2,1-3H3. The number of hydrogen-bond acceptors (Lipinski definition) is 3. The SMILES string of the molecule is CCCCCCCCCCOP(OCC)OCC. The summed E-state index contributed by atoms with van der Waals surface area (Å²) in [4.78, 5) is 0. The van der Waals surface area contributed by atoms with Crippen LogP contribution in [-0.4, -0.2) is 19.8 Å². The highest BCUT2D eigenvalue weighted by atomic mass is 31.2. The van der Waals surface area contributed by atoms with Crippen molar-refractivity contribution >= 4 is 8.60 Å². The van der Waals surface area contributed by atoms with Crippen molar-refractivity contribution in [2.75, 3.05) is 19.8 Å². The Balaban J connectivity index is 3.21. The van der Waals surface area contributed by atoms with Crippen LogP contribution in [0.2, 0.25) is 0 Å². The van der Waals surface area contributed by atoms with Crippen LogP contribution >= 0.6 is 8.60 Å². The zero-order valence-corrected chi connectivity index (χ0v) is 13.3. The Kier molecular flexibility index (Phi) is 15.6. The van der Waals surface area contributed by atoms with Gasteiger partial charge in [-0.2, -0.15) is 0 Å². The quantitative estimate of drug-likeness (QED) is 0.312. The van der Waals surface area contributed by atoms with Crippen molar-refractivity contribution in [2.45, 2.75) is 72.1 Å². The van der Waals surface area contributed by atoms with Crippen molar-refractivity contribution in [3.8, 4) is 0 Å². The van der Waals surface area contributed by atoms with Gasteiger partial charge in [0, 0.05) is 0 Å². The van der Waals surface area contributed by atoms with Gasteiger partial charge in [0.2, 0.25) is 0 Å². The second kappa shape index (κ2) is 15.4. The topological polar surface area (TPSA) is 27.7 Å². The lowest BCUT2D eigenvalue weighted by molar-refractivity contribution is 0.168. The smallest absolute Gasteiger partial charge is 0.313 e. The minimum atomic E-state index is -1.09. The maximum atomic E-state index is 5.59. The lowest BCUT2D eigenvalue weighted by atomic mass is 10.1. The fourth-order valence-electron chi connectivity index (χ4n) is 1.70. The zero-order valence-electron chi connectivity index (χ0n) is 12.5. The lowest BCUT2D eigenvalue weighted by Gasteiger charge is -2.14. The molecule has 0 saturated carbocycles.